The zero-order chi connectivity index (χ0) is 14.0. The van der Waals surface area contributed by atoms with E-state index in [0.717, 1.165) is 0 Å². The van der Waals surface area contributed by atoms with Gasteiger partial charge < -0.3 is 5.73 Å². The number of nitrogens with two attached hydrogens (primary N) is 1. The normalized spacial score (nSPS) is 12.5. The Kier molecular flexibility index (Phi) is 4.27. The molecule has 0 bridgehead atoms. The van der Waals surface area contributed by atoms with Crippen LogP contribution >= 0.6 is 15.9 Å². The van der Waals surface area contributed by atoms with E-state index in [1.54, 1.807) is 6.07 Å². The Hall–Kier alpha value is -1.33. The van der Waals surface area contributed by atoms with E-state index in [2.05, 4.69) is 15.9 Å². The van der Waals surface area contributed by atoms with Gasteiger partial charge in [-0.15, -0.1) is 0 Å². The first kappa shape index (κ1) is 14.1. The van der Waals surface area contributed by atoms with Gasteiger partial charge in [0.1, 0.15) is 17.5 Å². The van der Waals surface area contributed by atoms with E-state index in [0.29, 0.717) is 5.56 Å². The maximum Gasteiger partial charge on any atom is 0.143 e. The fourth-order valence-corrected chi connectivity index (χ4v) is 2.20. The fraction of sp³-hybridized carbons (Fsp3) is 0.143. The summed E-state index contributed by atoms with van der Waals surface area (Å²) in [6.07, 6.45) is -0.0411. The third-order valence-corrected chi connectivity index (χ3v) is 3.45. The molecule has 2 aromatic carbocycles. The van der Waals surface area contributed by atoms with Crippen molar-refractivity contribution in [3.05, 3.63) is 69.4 Å². The van der Waals surface area contributed by atoms with Gasteiger partial charge in [-0.25, -0.2) is 13.2 Å². The molecule has 0 saturated carbocycles. The van der Waals surface area contributed by atoms with Crippen LogP contribution in [0.3, 0.4) is 0 Å². The summed E-state index contributed by atoms with van der Waals surface area (Å²) in [5, 5.41) is 0. The standard InChI is InChI=1S/C14H11BrF3N/c15-11-4-5-12(17)10(14(11)18)7-13(19)8-2-1-3-9(16)6-8/h1-6,13H,7,19H2. The van der Waals surface area contributed by atoms with Crippen LogP contribution in [-0.2, 0) is 6.42 Å². The maximum absolute atomic E-state index is 13.8. The Morgan fingerprint density at radius 1 is 1.11 bits per heavy atom. The second-order valence-corrected chi connectivity index (χ2v) is 5.04. The molecule has 0 aliphatic carbocycles. The van der Waals surface area contributed by atoms with Crippen molar-refractivity contribution < 1.29 is 13.2 Å². The van der Waals surface area contributed by atoms with Gasteiger partial charge in [0.2, 0.25) is 0 Å². The number of halogens is 4. The molecular formula is C14H11BrF3N. The number of hydrogen-bond donors (Lipinski definition) is 1. The van der Waals surface area contributed by atoms with Crippen LogP contribution < -0.4 is 5.73 Å². The molecule has 1 unspecified atom stereocenters. The molecule has 0 fully saturated rings. The van der Waals surface area contributed by atoms with Gasteiger partial charge in [0.15, 0.2) is 0 Å². The van der Waals surface area contributed by atoms with Crippen LogP contribution in [-0.4, -0.2) is 0 Å². The molecule has 0 saturated heterocycles. The summed E-state index contributed by atoms with van der Waals surface area (Å²) in [6, 6.07) is 7.48. The molecule has 0 heterocycles. The molecule has 1 nitrogen and oxygen atoms in total. The van der Waals surface area contributed by atoms with Crippen LogP contribution in [0.2, 0.25) is 0 Å². The number of hydrogen-bond acceptors (Lipinski definition) is 1. The molecule has 0 spiro atoms. The van der Waals surface area contributed by atoms with Crippen LogP contribution in [0, 0.1) is 17.5 Å². The highest BCUT2D eigenvalue weighted by molar-refractivity contribution is 9.10. The number of benzene rings is 2. The van der Waals surface area contributed by atoms with Crippen molar-refractivity contribution in [2.75, 3.05) is 0 Å². The number of rotatable bonds is 3. The summed E-state index contributed by atoms with van der Waals surface area (Å²) in [7, 11) is 0. The highest BCUT2D eigenvalue weighted by Gasteiger charge is 2.16. The summed E-state index contributed by atoms with van der Waals surface area (Å²) >= 11 is 3.00. The highest BCUT2D eigenvalue weighted by Crippen LogP contribution is 2.25. The van der Waals surface area contributed by atoms with Crippen LogP contribution in [0.1, 0.15) is 17.2 Å². The van der Waals surface area contributed by atoms with E-state index in [1.165, 1.54) is 30.3 Å². The molecule has 0 aliphatic heterocycles. The van der Waals surface area contributed by atoms with Crippen molar-refractivity contribution in [1.29, 1.82) is 0 Å². The van der Waals surface area contributed by atoms with Gasteiger partial charge in [-0.2, -0.15) is 0 Å². The largest absolute Gasteiger partial charge is 0.324 e. The third-order valence-electron chi connectivity index (χ3n) is 2.84. The zero-order valence-corrected chi connectivity index (χ0v) is 11.4. The zero-order valence-electron chi connectivity index (χ0n) is 9.84. The van der Waals surface area contributed by atoms with E-state index >= 15 is 0 Å². The van der Waals surface area contributed by atoms with Gasteiger partial charge in [-0.3, -0.25) is 0 Å². The average molecular weight is 330 g/mol. The third kappa shape index (κ3) is 3.16. The quantitative estimate of drug-likeness (QED) is 0.842. The molecule has 2 aromatic rings. The fourth-order valence-electron chi connectivity index (χ4n) is 1.83. The lowest BCUT2D eigenvalue weighted by Gasteiger charge is -2.14. The Morgan fingerprint density at radius 3 is 2.53 bits per heavy atom. The van der Waals surface area contributed by atoms with E-state index in [1.807, 2.05) is 0 Å². The molecule has 0 radical (unpaired) electrons. The summed E-state index contributed by atoms with van der Waals surface area (Å²) in [4.78, 5) is 0. The molecule has 1 atom stereocenters. The van der Waals surface area contributed by atoms with E-state index in [-0.39, 0.29) is 16.5 Å². The first-order valence-corrected chi connectivity index (χ1v) is 6.41. The lowest BCUT2D eigenvalue weighted by Crippen LogP contribution is -2.15. The Balaban J connectivity index is 2.29. The Labute approximate surface area is 117 Å². The first-order valence-electron chi connectivity index (χ1n) is 5.62. The highest BCUT2D eigenvalue weighted by atomic mass is 79.9. The summed E-state index contributed by atoms with van der Waals surface area (Å²) in [5.74, 6) is -1.76. The molecule has 0 aliphatic rings. The molecule has 5 heteroatoms. The molecule has 100 valence electrons. The van der Waals surface area contributed by atoms with Crippen molar-refractivity contribution in [2.24, 2.45) is 5.73 Å². The topological polar surface area (TPSA) is 26.0 Å². The monoisotopic (exact) mass is 329 g/mol. The van der Waals surface area contributed by atoms with Crippen molar-refractivity contribution >= 4 is 15.9 Å². The van der Waals surface area contributed by atoms with Gasteiger partial charge in [0.25, 0.3) is 0 Å². The van der Waals surface area contributed by atoms with Gasteiger partial charge in [-0.1, -0.05) is 12.1 Å². The van der Waals surface area contributed by atoms with Crippen molar-refractivity contribution in [3.8, 4) is 0 Å². The minimum Gasteiger partial charge on any atom is -0.324 e. The molecule has 0 amide bonds. The molecule has 2 N–H and O–H groups in total. The van der Waals surface area contributed by atoms with E-state index in [4.69, 9.17) is 5.73 Å². The van der Waals surface area contributed by atoms with Crippen molar-refractivity contribution in [3.63, 3.8) is 0 Å². The van der Waals surface area contributed by atoms with Gasteiger partial charge >= 0.3 is 0 Å². The average Bonchev–Trinajstić information content (AvgIpc) is 2.39. The minimum absolute atomic E-state index is 0.0411. The van der Waals surface area contributed by atoms with Gasteiger partial charge in [-0.05, 0) is 52.2 Å². The second kappa shape index (κ2) is 5.75. The van der Waals surface area contributed by atoms with Crippen molar-refractivity contribution in [2.45, 2.75) is 12.5 Å². The van der Waals surface area contributed by atoms with E-state index in [9.17, 15) is 13.2 Å². The predicted octanol–water partition coefficient (Wildman–Crippen LogP) is 4.11. The molecule has 19 heavy (non-hydrogen) atoms. The Bertz CT molecular complexity index is 601. The second-order valence-electron chi connectivity index (χ2n) is 4.19. The van der Waals surface area contributed by atoms with Crippen molar-refractivity contribution in [1.82, 2.24) is 0 Å². The molecule has 0 aromatic heterocycles. The van der Waals surface area contributed by atoms with E-state index < -0.39 is 23.5 Å². The SMILES string of the molecule is NC(Cc1c(F)ccc(Br)c1F)c1cccc(F)c1. The lowest BCUT2D eigenvalue weighted by atomic mass is 9.99. The summed E-state index contributed by atoms with van der Waals surface area (Å²) in [6.45, 7) is 0. The molecule has 2 rings (SSSR count). The van der Waals surface area contributed by atoms with Crippen LogP contribution in [0.4, 0.5) is 13.2 Å². The van der Waals surface area contributed by atoms with Crippen LogP contribution in [0.5, 0.6) is 0 Å². The minimum atomic E-state index is -0.674. The smallest absolute Gasteiger partial charge is 0.143 e. The summed E-state index contributed by atoms with van der Waals surface area (Å²) in [5.41, 5.74) is 6.26. The Morgan fingerprint density at radius 2 is 1.84 bits per heavy atom. The maximum atomic E-state index is 13.8. The van der Waals surface area contributed by atoms with Crippen LogP contribution in [0.25, 0.3) is 0 Å². The summed E-state index contributed by atoms with van der Waals surface area (Å²) < 4.78 is 40.7. The lowest BCUT2D eigenvalue weighted by molar-refractivity contribution is 0.535. The van der Waals surface area contributed by atoms with Gasteiger partial charge in [0.05, 0.1) is 4.47 Å². The molecular weight excluding hydrogens is 319 g/mol. The first-order chi connectivity index (χ1) is 8.99. The van der Waals surface area contributed by atoms with Crippen LogP contribution in [0.15, 0.2) is 40.9 Å². The van der Waals surface area contributed by atoms with Gasteiger partial charge in [0, 0.05) is 11.6 Å². The predicted molar refractivity (Wildman–Crippen MR) is 71.1 cm³/mol.